The average Bonchev–Trinajstić information content (AvgIpc) is 3.15. The van der Waals surface area contributed by atoms with Gasteiger partial charge >= 0.3 is 0 Å². The molecule has 0 N–H and O–H groups in total. The maximum atomic E-state index is 13.1. The third-order valence-corrected chi connectivity index (χ3v) is 5.99. The lowest BCUT2D eigenvalue weighted by molar-refractivity contribution is -0.142. The minimum Gasteiger partial charge on any atom is -0.491 e. The van der Waals surface area contributed by atoms with Gasteiger partial charge in [-0.25, -0.2) is 4.39 Å². The molecule has 1 aromatic heterocycles. The standard InChI is InChI=1S/C22H27FN2O3S/c1-15(2)12-24(16(3)26)13-22(27)25-10-8-21-19(9-11-29-21)20(25)14-28-18-6-4-17(23)5-7-18/h4-7,9,11,15,20H,8,10,12-14H2,1-3H3. The van der Waals surface area contributed by atoms with Gasteiger partial charge in [0.2, 0.25) is 11.8 Å². The maximum absolute atomic E-state index is 13.1. The van der Waals surface area contributed by atoms with Crippen LogP contribution in [-0.2, 0) is 16.0 Å². The molecule has 2 heterocycles. The molecule has 0 fully saturated rings. The lowest BCUT2D eigenvalue weighted by Crippen LogP contribution is -2.48. The number of rotatable bonds is 7. The van der Waals surface area contributed by atoms with Crippen LogP contribution in [0.2, 0.25) is 0 Å². The molecule has 3 rings (SSSR count). The van der Waals surface area contributed by atoms with Crippen molar-refractivity contribution < 1.29 is 18.7 Å². The van der Waals surface area contributed by atoms with Gasteiger partial charge in [-0.1, -0.05) is 13.8 Å². The first-order valence-electron chi connectivity index (χ1n) is 9.84. The molecule has 2 aromatic rings. The predicted octanol–water partition coefficient (Wildman–Crippen LogP) is 3.90. The lowest BCUT2D eigenvalue weighted by atomic mass is 10.0. The van der Waals surface area contributed by atoms with Crippen molar-refractivity contribution in [3.05, 3.63) is 52.0 Å². The van der Waals surface area contributed by atoms with Crippen molar-refractivity contribution in [2.75, 3.05) is 26.2 Å². The van der Waals surface area contributed by atoms with Crippen LogP contribution >= 0.6 is 11.3 Å². The predicted molar refractivity (Wildman–Crippen MR) is 111 cm³/mol. The number of carbonyl (C=O) groups excluding carboxylic acids is 2. The number of halogens is 1. The quantitative estimate of drug-likeness (QED) is 0.685. The zero-order valence-electron chi connectivity index (χ0n) is 17.1. The number of nitrogens with zero attached hydrogens (tertiary/aromatic N) is 2. The normalized spacial score (nSPS) is 15.9. The minimum atomic E-state index is -0.318. The van der Waals surface area contributed by atoms with Gasteiger partial charge in [0.15, 0.2) is 0 Å². The fourth-order valence-corrected chi connectivity index (χ4v) is 4.51. The second-order valence-corrected chi connectivity index (χ2v) is 8.71. The number of hydrogen-bond donors (Lipinski definition) is 0. The van der Waals surface area contributed by atoms with Crippen molar-refractivity contribution in [1.29, 1.82) is 0 Å². The van der Waals surface area contributed by atoms with Gasteiger partial charge in [0.1, 0.15) is 18.2 Å². The van der Waals surface area contributed by atoms with Gasteiger partial charge in [-0.15, -0.1) is 11.3 Å². The summed E-state index contributed by atoms with van der Waals surface area (Å²) in [6.07, 6.45) is 0.802. The molecule has 1 atom stereocenters. The summed E-state index contributed by atoms with van der Waals surface area (Å²) in [5.41, 5.74) is 1.09. The van der Waals surface area contributed by atoms with Crippen molar-refractivity contribution in [3.63, 3.8) is 0 Å². The van der Waals surface area contributed by atoms with E-state index in [9.17, 15) is 14.0 Å². The van der Waals surface area contributed by atoms with Crippen molar-refractivity contribution in [3.8, 4) is 5.75 Å². The third kappa shape index (κ3) is 5.35. The average molecular weight is 419 g/mol. The molecule has 2 amide bonds. The molecule has 5 nitrogen and oxygen atoms in total. The molecular weight excluding hydrogens is 391 g/mol. The van der Waals surface area contributed by atoms with Gasteiger partial charge < -0.3 is 14.5 Å². The van der Waals surface area contributed by atoms with Crippen LogP contribution in [0.25, 0.3) is 0 Å². The summed E-state index contributed by atoms with van der Waals surface area (Å²) in [6, 6.07) is 7.68. The first-order chi connectivity index (χ1) is 13.8. The highest BCUT2D eigenvalue weighted by atomic mass is 32.1. The molecule has 0 aliphatic carbocycles. The third-order valence-electron chi connectivity index (χ3n) is 4.99. The van der Waals surface area contributed by atoms with Crippen LogP contribution in [0.4, 0.5) is 4.39 Å². The van der Waals surface area contributed by atoms with Crippen molar-refractivity contribution in [2.45, 2.75) is 33.2 Å². The summed E-state index contributed by atoms with van der Waals surface area (Å²) >= 11 is 1.69. The number of thiophene rings is 1. The van der Waals surface area contributed by atoms with E-state index >= 15 is 0 Å². The molecular formula is C22H27FN2O3S. The van der Waals surface area contributed by atoms with E-state index in [2.05, 4.69) is 0 Å². The zero-order chi connectivity index (χ0) is 21.0. The Hall–Kier alpha value is -2.41. The molecule has 0 saturated carbocycles. The summed E-state index contributed by atoms with van der Waals surface area (Å²) in [6.45, 7) is 7.05. The Kier molecular flexibility index (Phi) is 6.90. The summed E-state index contributed by atoms with van der Waals surface area (Å²) in [5, 5.41) is 2.03. The fraction of sp³-hybridized carbons (Fsp3) is 0.455. The second-order valence-electron chi connectivity index (χ2n) is 7.71. The Morgan fingerprint density at radius 3 is 2.66 bits per heavy atom. The largest absolute Gasteiger partial charge is 0.491 e. The first kappa shape index (κ1) is 21.3. The van der Waals surface area contributed by atoms with Gasteiger partial charge in [-0.05, 0) is 53.6 Å². The summed E-state index contributed by atoms with van der Waals surface area (Å²) in [5.74, 6) is 0.353. The van der Waals surface area contributed by atoms with Crippen LogP contribution in [0.5, 0.6) is 5.75 Å². The molecule has 1 aliphatic heterocycles. The first-order valence-corrected chi connectivity index (χ1v) is 10.7. The number of ether oxygens (including phenoxy) is 1. The molecule has 0 saturated heterocycles. The highest BCUT2D eigenvalue weighted by Crippen LogP contribution is 2.34. The van der Waals surface area contributed by atoms with E-state index in [1.165, 1.54) is 23.9 Å². The molecule has 1 aromatic carbocycles. The van der Waals surface area contributed by atoms with Crippen molar-refractivity contribution in [2.24, 2.45) is 5.92 Å². The number of benzene rings is 1. The molecule has 0 spiro atoms. The molecule has 29 heavy (non-hydrogen) atoms. The summed E-state index contributed by atoms with van der Waals surface area (Å²) in [7, 11) is 0. The fourth-order valence-electron chi connectivity index (χ4n) is 3.58. The van der Waals surface area contributed by atoms with E-state index in [1.54, 1.807) is 28.4 Å². The van der Waals surface area contributed by atoms with Crippen LogP contribution in [0.3, 0.4) is 0 Å². The molecule has 1 aliphatic rings. The Labute approximate surface area is 175 Å². The highest BCUT2D eigenvalue weighted by Gasteiger charge is 2.33. The van der Waals surface area contributed by atoms with Crippen molar-refractivity contribution in [1.82, 2.24) is 9.80 Å². The topological polar surface area (TPSA) is 49.9 Å². The van der Waals surface area contributed by atoms with E-state index in [1.807, 2.05) is 30.2 Å². The highest BCUT2D eigenvalue weighted by molar-refractivity contribution is 7.10. The van der Waals surface area contributed by atoms with Gasteiger partial charge in [0, 0.05) is 24.9 Å². The maximum Gasteiger partial charge on any atom is 0.242 e. The Morgan fingerprint density at radius 2 is 2.00 bits per heavy atom. The van der Waals surface area contributed by atoms with Crippen LogP contribution in [-0.4, -0.2) is 47.9 Å². The van der Waals surface area contributed by atoms with Crippen LogP contribution in [0.1, 0.15) is 37.3 Å². The number of carbonyl (C=O) groups is 2. The zero-order valence-corrected chi connectivity index (χ0v) is 17.9. The Morgan fingerprint density at radius 1 is 1.28 bits per heavy atom. The summed E-state index contributed by atoms with van der Waals surface area (Å²) < 4.78 is 19.0. The summed E-state index contributed by atoms with van der Waals surface area (Å²) in [4.78, 5) is 29.8. The lowest BCUT2D eigenvalue weighted by Gasteiger charge is -2.37. The molecule has 156 valence electrons. The number of hydrogen-bond acceptors (Lipinski definition) is 4. The molecule has 1 unspecified atom stereocenters. The van der Waals surface area contributed by atoms with Crippen LogP contribution < -0.4 is 4.74 Å². The molecule has 0 radical (unpaired) electrons. The van der Waals surface area contributed by atoms with Gasteiger partial charge in [-0.2, -0.15) is 0 Å². The van der Waals surface area contributed by atoms with E-state index in [4.69, 9.17) is 4.74 Å². The van der Waals surface area contributed by atoms with E-state index in [0.29, 0.717) is 18.8 Å². The number of amides is 2. The monoisotopic (exact) mass is 418 g/mol. The Bertz CT molecular complexity index is 850. The van der Waals surface area contributed by atoms with Gasteiger partial charge in [-0.3, -0.25) is 9.59 Å². The second kappa shape index (κ2) is 9.39. The van der Waals surface area contributed by atoms with Crippen molar-refractivity contribution >= 4 is 23.2 Å². The SMILES string of the molecule is CC(=O)N(CC(=O)N1CCc2sccc2C1COc1ccc(F)cc1)CC(C)C. The van der Waals surface area contributed by atoms with Crippen LogP contribution in [0, 0.1) is 11.7 Å². The minimum absolute atomic E-state index is 0.0695. The Balaban J connectivity index is 1.75. The number of fused-ring (bicyclic) bond motifs is 1. The van der Waals surface area contributed by atoms with Gasteiger partial charge in [0.25, 0.3) is 0 Å². The van der Waals surface area contributed by atoms with E-state index in [-0.39, 0.29) is 42.7 Å². The van der Waals surface area contributed by atoms with E-state index < -0.39 is 0 Å². The van der Waals surface area contributed by atoms with Gasteiger partial charge in [0.05, 0.1) is 12.6 Å². The smallest absolute Gasteiger partial charge is 0.242 e. The van der Waals surface area contributed by atoms with Crippen LogP contribution in [0.15, 0.2) is 35.7 Å². The molecule has 7 heteroatoms. The molecule has 0 bridgehead atoms. The van der Waals surface area contributed by atoms with E-state index in [0.717, 1.165) is 12.0 Å².